The van der Waals surface area contributed by atoms with Crippen LogP contribution in [0.5, 0.6) is 0 Å². The molecule has 1 fully saturated rings. The van der Waals surface area contributed by atoms with Gasteiger partial charge in [0.1, 0.15) is 0 Å². The first-order valence-electron chi connectivity index (χ1n) is 5.97. The summed E-state index contributed by atoms with van der Waals surface area (Å²) in [7, 11) is 0. The minimum absolute atomic E-state index is 0.0796. The van der Waals surface area contributed by atoms with Crippen molar-refractivity contribution >= 4 is 23.3 Å². The Balaban J connectivity index is 1.90. The van der Waals surface area contributed by atoms with Crippen molar-refractivity contribution in [3.05, 3.63) is 21.9 Å². The second-order valence-corrected chi connectivity index (χ2v) is 5.96. The van der Waals surface area contributed by atoms with Crippen LogP contribution in [0.3, 0.4) is 0 Å². The molecule has 18 heavy (non-hydrogen) atoms. The Hall–Kier alpha value is -1.36. The molecular weight excluding hydrogens is 252 g/mol. The van der Waals surface area contributed by atoms with E-state index in [2.05, 4.69) is 0 Å². The van der Waals surface area contributed by atoms with Crippen molar-refractivity contribution < 1.29 is 19.4 Å². The molecule has 0 amide bonds. The first-order valence-corrected chi connectivity index (χ1v) is 6.85. The van der Waals surface area contributed by atoms with Crippen LogP contribution in [0.25, 0.3) is 0 Å². The zero-order chi connectivity index (χ0) is 13.3. The molecule has 0 aromatic carbocycles. The van der Waals surface area contributed by atoms with Gasteiger partial charge >= 0.3 is 11.9 Å². The summed E-state index contributed by atoms with van der Waals surface area (Å²) in [5, 5.41) is 10.5. The highest BCUT2D eigenvalue weighted by atomic mass is 32.1. The number of esters is 1. The summed E-state index contributed by atoms with van der Waals surface area (Å²) in [6, 6.07) is 1.66. The fourth-order valence-corrected chi connectivity index (χ4v) is 2.85. The highest BCUT2D eigenvalue weighted by Crippen LogP contribution is 2.50. The van der Waals surface area contributed by atoms with E-state index < -0.39 is 5.97 Å². The van der Waals surface area contributed by atoms with Crippen LogP contribution in [0.2, 0.25) is 0 Å². The lowest BCUT2D eigenvalue weighted by Gasteiger charge is -2.06. The molecule has 0 bridgehead atoms. The first-order chi connectivity index (χ1) is 8.49. The maximum atomic E-state index is 11.7. The van der Waals surface area contributed by atoms with Gasteiger partial charge < -0.3 is 9.84 Å². The third kappa shape index (κ3) is 2.90. The van der Waals surface area contributed by atoms with Crippen LogP contribution in [0.1, 0.15) is 41.4 Å². The standard InChI is InChI=1S/C13H16O4S/c1-7(2)5-17-13(16)10-4-9(10)11-3-8(6-18-11)12(14)15/h3,6-7,9-10H,4-5H2,1-2H3,(H,14,15). The number of hydrogen-bond acceptors (Lipinski definition) is 4. The van der Waals surface area contributed by atoms with Gasteiger partial charge in [-0.25, -0.2) is 4.79 Å². The van der Waals surface area contributed by atoms with Crippen LogP contribution in [0.15, 0.2) is 11.4 Å². The topological polar surface area (TPSA) is 63.6 Å². The van der Waals surface area contributed by atoms with Gasteiger partial charge in [-0.15, -0.1) is 11.3 Å². The first kappa shape index (κ1) is 13.1. The van der Waals surface area contributed by atoms with Crippen LogP contribution >= 0.6 is 11.3 Å². The minimum Gasteiger partial charge on any atom is -0.478 e. The molecule has 4 nitrogen and oxygen atoms in total. The summed E-state index contributed by atoms with van der Waals surface area (Å²) in [5.41, 5.74) is 0.302. The van der Waals surface area contributed by atoms with E-state index in [0.29, 0.717) is 18.1 Å². The molecule has 1 heterocycles. The number of carboxylic acids is 1. The van der Waals surface area contributed by atoms with Crippen LogP contribution in [-0.4, -0.2) is 23.7 Å². The molecule has 1 N–H and O–H groups in total. The molecule has 2 rings (SSSR count). The molecule has 1 aliphatic carbocycles. The molecule has 1 aliphatic rings. The van der Waals surface area contributed by atoms with Crippen LogP contribution in [0, 0.1) is 11.8 Å². The van der Waals surface area contributed by atoms with Gasteiger partial charge in [0.25, 0.3) is 0 Å². The minimum atomic E-state index is -0.919. The van der Waals surface area contributed by atoms with Gasteiger partial charge in [-0.05, 0) is 18.4 Å². The Morgan fingerprint density at radius 1 is 1.56 bits per heavy atom. The third-order valence-corrected chi connectivity index (χ3v) is 3.95. The Morgan fingerprint density at radius 2 is 2.28 bits per heavy atom. The van der Waals surface area contributed by atoms with Gasteiger partial charge in [0, 0.05) is 16.2 Å². The fourth-order valence-electron chi connectivity index (χ4n) is 1.79. The van der Waals surface area contributed by atoms with Crippen molar-refractivity contribution in [2.24, 2.45) is 11.8 Å². The summed E-state index contributed by atoms with van der Waals surface area (Å²) < 4.78 is 5.18. The summed E-state index contributed by atoms with van der Waals surface area (Å²) >= 11 is 1.41. The van der Waals surface area contributed by atoms with Crippen molar-refractivity contribution in [1.82, 2.24) is 0 Å². The summed E-state index contributed by atoms with van der Waals surface area (Å²) in [6.45, 7) is 4.44. The summed E-state index contributed by atoms with van der Waals surface area (Å²) in [6.07, 6.45) is 0.774. The number of carbonyl (C=O) groups is 2. The molecule has 0 saturated heterocycles. The summed E-state index contributed by atoms with van der Waals surface area (Å²) in [4.78, 5) is 23.4. The van der Waals surface area contributed by atoms with Gasteiger partial charge in [-0.3, -0.25) is 4.79 Å². The molecule has 1 saturated carbocycles. The highest BCUT2D eigenvalue weighted by Gasteiger charge is 2.46. The molecule has 2 atom stereocenters. The maximum Gasteiger partial charge on any atom is 0.336 e. The fraction of sp³-hybridized carbons (Fsp3) is 0.538. The number of aromatic carboxylic acids is 1. The van der Waals surface area contributed by atoms with E-state index in [1.165, 1.54) is 11.3 Å². The SMILES string of the molecule is CC(C)COC(=O)C1CC1c1cc(C(=O)O)cs1. The lowest BCUT2D eigenvalue weighted by atomic mass is 10.2. The van der Waals surface area contributed by atoms with Gasteiger partial charge in [0.15, 0.2) is 0 Å². The molecule has 1 aromatic heterocycles. The van der Waals surface area contributed by atoms with E-state index in [4.69, 9.17) is 9.84 Å². The van der Waals surface area contributed by atoms with E-state index in [9.17, 15) is 9.59 Å². The van der Waals surface area contributed by atoms with Crippen molar-refractivity contribution in [2.45, 2.75) is 26.2 Å². The number of ether oxygens (including phenoxy) is 1. The van der Waals surface area contributed by atoms with Crippen molar-refractivity contribution in [3.63, 3.8) is 0 Å². The lowest BCUT2D eigenvalue weighted by molar-refractivity contribution is -0.146. The smallest absolute Gasteiger partial charge is 0.336 e. The zero-order valence-corrected chi connectivity index (χ0v) is 11.2. The van der Waals surface area contributed by atoms with Crippen molar-refractivity contribution in [3.8, 4) is 0 Å². The van der Waals surface area contributed by atoms with Crippen LogP contribution < -0.4 is 0 Å². The van der Waals surface area contributed by atoms with Gasteiger partial charge in [0.2, 0.25) is 0 Å². The van der Waals surface area contributed by atoms with E-state index in [1.807, 2.05) is 13.8 Å². The number of carboxylic acid groups (broad SMARTS) is 1. The molecule has 1 aromatic rings. The second kappa shape index (κ2) is 5.10. The predicted molar refractivity (Wildman–Crippen MR) is 67.9 cm³/mol. The quantitative estimate of drug-likeness (QED) is 0.834. The highest BCUT2D eigenvalue weighted by molar-refractivity contribution is 7.10. The monoisotopic (exact) mass is 268 g/mol. The molecule has 0 aliphatic heterocycles. The molecule has 0 spiro atoms. The largest absolute Gasteiger partial charge is 0.478 e. The van der Waals surface area contributed by atoms with Crippen LogP contribution in [-0.2, 0) is 9.53 Å². The lowest BCUT2D eigenvalue weighted by Crippen LogP contribution is -2.12. The summed E-state index contributed by atoms with van der Waals surface area (Å²) in [5.74, 6) is -0.658. The van der Waals surface area contributed by atoms with E-state index in [-0.39, 0.29) is 17.8 Å². The average Bonchev–Trinajstić information content (AvgIpc) is 2.95. The molecule has 2 unspecified atom stereocenters. The second-order valence-electron chi connectivity index (χ2n) is 5.02. The number of thiophene rings is 1. The average molecular weight is 268 g/mol. The van der Waals surface area contributed by atoms with E-state index >= 15 is 0 Å². The Kier molecular flexibility index (Phi) is 3.71. The van der Waals surface area contributed by atoms with Gasteiger partial charge in [0.05, 0.1) is 18.1 Å². The van der Waals surface area contributed by atoms with Crippen molar-refractivity contribution in [2.75, 3.05) is 6.61 Å². The maximum absolute atomic E-state index is 11.7. The normalized spacial score (nSPS) is 21.9. The molecular formula is C13H16O4S. The Morgan fingerprint density at radius 3 is 2.83 bits per heavy atom. The van der Waals surface area contributed by atoms with E-state index in [0.717, 1.165) is 11.3 Å². The predicted octanol–water partition coefficient (Wildman–Crippen LogP) is 2.75. The Labute approximate surface area is 110 Å². The number of hydrogen-bond donors (Lipinski definition) is 1. The van der Waals surface area contributed by atoms with Gasteiger partial charge in [-0.2, -0.15) is 0 Å². The van der Waals surface area contributed by atoms with Crippen LogP contribution in [0.4, 0.5) is 0 Å². The zero-order valence-electron chi connectivity index (χ0n) is 10.4. The third-order valence-electron chi connectivity index (χ3n) is 2.88. The van der Waals surface area contributed by atoms with Gasteiger partial charge in [-0.1, -0.05) is 13.8 Å². The van der Waals surface area contributed by atoms with E-state index in [1.54, 1.807) is 11.4 Å². The number of carbonyl (C=O) groups excluding carboxylic acids is 1. The molecule has 98 valence electrons. The Bertz CT molecular complexity index is 463. The molecule has 5 heteroatoms. The molecule has 0 radical (unpaired) electrons. The number of rotatable bonds is 5. The van der Waals surface area contributed by atoms with Crippen molar-refractivity contribution in [1.29, 1.82) is 0 Å².